The maximum absolute atomic E-state index is 11.6. The fourth-order valence-electron chi connectivity index (χ4n) is 2.99. The molecule has 21 heavy (non-hydrogen) atoms. The molecule has 0 aromatic carbocycles. The summed E-state index contributed by atoms with van der Waals surface area (Å²) >= 11 is 0. The largest absolute Gasteiger partial charge is 0.396 e. The summed E-state index contributed by atoms with van der Waals surface area (Å²) in [7, 11) is 0. The van der Waals surface area contributed by atoms with E-state index in [9.17, 15) is 4.79 Å². The van der Waals surface area contributed by atoms with Gasteiger partial charge in [0.1, 0.15) is 0 Å². The van der Waals surface area contributed by atoms with E-state index in [0.29, 0.717) is 11.2 Å². The van der Waals surface area contributed by atoms with Gasteiger partial charge < -0.3 is 11.5 Å². The van der Waals surface area contributed by atoms with Crippen LogP contribution in [0.15, 0.2) is 23.9 Å². The Labute approximate surface area is 123 Å². The Balaban J connectivity index is 2.39. The Morgan fingerprint density at radius 1 is 1.29 bits per heavy atom. The van der Waals surface area contributed by atoms with E-state index in [0.717, 1.165) is 30.3 Å². The number of fused-ring (bicyclic) bond motifs is 1. The summed E-state index contributed by atoms with van der Waals surface area (Å²) in [5.74, 6) is -0.603. The number of carbonyl (C=O) groups is 1. The van der Waals surface area contributed by atoms with E-state index in [-0.39, 0.29) is 5.69 Å². The van der Waals surface area contributed by atoms with Crippen molar-refractivity contribution < 1.29 is 4.79 Å². The molecule has 1 amide bonds. The van der Waals surface area contributed by atoms with Crippen LogP contribution in [0.2, 0.25) is 0 Å². The average molecular weight is 282 g/mol. The molecule has 4 N–H and O–H groups in total. The summed E-state index contributed by atoms with van der Waals surface area (Å²) in [5, 5.41) is 0. The number of primary amides is 1. The van der Waals surface area contributed by atoms with Crippen LogP contribution in [0, 0.1) is 0 Å². The van der Waals surface area contributed by atoms with Crippen LogP contribution in [0.4, 0.5) is 5.69 Å². The van der Waals surface area contributed by atoms with Gasteiger partial charge in [-0.1, -0.05) is 5.57 Å². The fourth-order valence-corrected chi connectivity index (χ4v) is 2.99. The number of aromatic nitrogens is 2. The molecule has 2 heterocycles. The molecule has 0 spiro atoms. The zero-order valence-corrected chi connectivity index (χ0v) is 12.0. The SMILES string of the molecule is CC1=C(c2c(N)c(C(N)=O)nc3cccnc23)CCCC1. The molecule has 108 valence electrons. The van der Waals surface area contributed by atoms with E-state index in [1.807, 2.05) is 6.07 Å². The van der Waals surface area contributed by atoms with Gasteiger partial charge in [0.05, 0.1) is 16.7 Å². The van der Waals surface area contributed by atoms with Crippen molar-refractivity contribution >= 4 is 28.2 Å². The summed E-state index contributed by atoms with van der Waals surface area (Å²) in [6, 6.07) is 3.62. The second-order valence-electron chi connectivity index (χ2n) is 5.45. The van der Waals surface area contributed by atoms with E-state index in [4.69, 9.17) is 11.5 Å². The third kappa shape index (κ3) is 2.24. The number of hydrogen-bond acceptors (Lipinski definition) is 4. The number of carbonyl (C=O) groups excluding carboxylic acids is 1. The smallest absolute Gasteiger partial charge is 0.269 e. The molecule has 0 aliphatic heterocycles. The van der Waals surface area contributed by atoms with Crippen molar-refractivity contribution in [2.75, 3.05) is 5.73 Å². The van der Waals surface area contributed by atoms with Crippen molar-refractivity contribution in [2.45, 2.75) is 32.6 Å². The van der Waals surface area contributed by atoms with Gasteiger partial charge in [-0.2, -0.15) is 0 Å². The maximum atomic E-state index is 11.6. The van der Waals surface area contributed by atoms with Gasteiger partial charge in [0.2, 0.25) is 0 Å². The molecule has 2 aromatic heterocycles. The minimum atomic E-state index is -0.603. The van der Waals surface area contributed by atoms with Crippen LogP contribution in [-0.4, -0.2) is 15.9 Å². The van der Waals surface area contributed by atoms with Crippen molar-refractivity contribution in [3.8, 4) is 0 Å². The van der Waals surface area contributed by atoms with Crippen molar-refractivity contribution in [3.63, 3.8) is 0 Å². The molecule has 5 heteroatoms. The first kappa shape index (κ1) is 13.5. The molecule has 0 saturated heterocycles. The van der Waals surface area contributed by atoms with E-state index < -0.39 is 5.91 Å². The van der Waals surface area contributed by atoms with Crippen molar-refractivity contribution in [2.24, 2.45) is 5.73 Å². The lowest BCUT2D eigenvalue weighted by Gasteiger charge is -2.21. The monoisotopic (exact) mass is 282 g/mol. The lowest BCUT2D eigenvalue weighted by atomic mass is 9.86. The molecule has 0 radical (unpaired) electrons. The summed E-state index contributed by atoms with van der Waals surface area (Å²) in [6.07, 6.45) is 6.03. The summed E-state index contributed by atoms with van der Waals surface area (Å²) < 4.78 is 0. The zero-order valence-electron chi connectivity index (χ0n) is 12.0. The Kier molecular flexibility index (Phi) is 3.33. The van der Waals surface area contributed by atoms with Crippen LogP contribution in [0.3, 0.4) is 0 Å². The van der Waals surface area contributed by atoms with Gasteiger partial charge in [0.15, 0.2) is 5.69 Å². The lowest BCUT2D eigenvalue weighted by molar-refractivity contribution is 0.0997. The Morgan fingerprint density at radius 3 is 2.76 bits per heavy atom. The van der Waals surface area contributed by atoms with Crippen LogP contribution >= 0.6 is 0 Å². The standard InChI is InChI=1S/C16H18N4O/c1-9-5-2-3-6-10(9)12-13(17)15(16(18)21)20-11-7-4-8-19-14(11)12/h4,7-8H,2-3,5-6,17H2,1H3,(H2,18,21). The number of nitrogen functional groups attached to an aromatic ring is 1. The van der Waals surface area contributed by atoms with Gasteiger partial charge in [-0.25, -0.2) is 4.98 Å². The molecule has 0 bridgehead atoms. The highest BCUT2D eigenvalue weighted by atomic mass is 16.1. The Morgan fingerprint density at radius 2 is 2.05 bits per heavy atom. The predicted octanol–water partition coefficient (Wildman–Crippen LogP) is 2.66. The van der Waals surface area contributed by atoms with Gasteiger partial charge in [-0.15, -0.1) is 0 Å². The van der Waals surface area contributed by atoms with Crippen LogP contribution in [0.25, 0.3) is 16.6 Å². The van der Waals surface area contributed by atoms with E-state index in [2.05, 4.69) is 16.9 Å². The van der Waals surface area contributed by atoms with Crippen LogP contribution in [-0.2, 0) is 0 Å². The van der Waals surface area contributed by atoms with Gasteiger partial charge in [-0.3, -0.25) is 9.78 Å². The normalized spacial score (nSPS) is 15.5. The zero-order chi connectivity index (χ0) is 15.0. The van der Waals surface area contributed by atoms with Crippen molar-refractivity contribution in [3.05, 3.63) is 35.2 Å². The third-order valence-corrected chi connectivity index (χ3v) is 4.06. The second-order valence-corrected chi connectivity index (χ2v) is 5.45. The number of pyridine rings is 2. The third-order valence-electron chi connectivity index (χ3n) is 4.06. The number of nitrogens with zero attached hydrogens (tertiary/aromatic N) is 2. The molecule has 0 fully saturated rings. The maximum Gasteiger partial charge on any atom is 0.269 e. The molecule has 0 saturated carbocycles. The van der Waals surface area contributed by atoms with Crippen molar-refractivity contribution in [1.29, 1.82) is 0 Å². The highest BCUT2D eigenvalue weighted by Crippen LogP contribution is 2.38. The van der Waals surface area contributed by atoms with E-state index in [1.165, 1.54) is 17.6 Å². The number of amides is 1. The van der Waals surface area contributed by atoms with Crippen LogP contribution < -0.4 is 11.5 Å². The number of hydrogen-bond donors (Lipinski definition) is 2. The Hall–Kier alpha value is -2.43. The molecule has 0 atom stereocenters. The minimum absolute atomic E-state index is 0.136. The number of allylic oxidation sites excluding steroid dienone is 2. The second kappa shape index (κ2) is 5.16. The van der Waals surface area contributed by atoms with Crippen molar-refractivity contribution in [1.82, 2.24) is 9.97 Å². The first-order chi connectivity index (χ1) is 10.1. The minimum Gasteiger partial charge on any atom is -0.396 e. The lowest BCUT2D eigenvalue weighted by Crippen LogP contribution is -2.18. The van der Waals surface area contributed by atoms with Gasteiger partial charge in [0, 0.05) is 11.8 Å². The number of rotatable bonds is 2. The average Bonchev–Trinajstić information content (AvgIpc) is 2.47. The van der Waals surface area contributed by atoms with Gasteiger partial charge >= 0.3 is 0 Å². The first-order valence-electron chi connectivity index (χ1n) is 7.12. The quantitative estimate of drug-likeness (QED) is 0.885. The molecule has 0 unspecified atom stereocenters. The highest BCUT2D eigenvalue weighted by Gasteiger charge is 2.22. The first-order valence-corrected chi connectivity index (χ1v) is 7.12. The molecular weight excluding hydrogens is 264 g/mol. The van der Waals surface area contributed by atoms with Gasteiger partial charge in [0.25, 0.3) is 5.91 Å². The summed E-state index contributed by atoms with van der Waals surface area (Å²) in [4.78, 5) is 20.3. The highest BCUT2D eigenvalue weighted by molar-refractivity contribution is 6.05. The fraction of sp³-hybridized carbons (Fsp3) is 0.312. The Bertz CT molecular complexity index is 764. The topological polar surface area (TPSA) is 94.9 Å². The van der Waals surface area contributed by atoms with Crippen LogP contribution in [0.5, 0.6) is 0 Å². The van der Waals surface area contributed by atoms with E-state index >= 15 is 0 Å². The van der Waals surface area contributed by atoms with E-state index in [1.54, 1.807) is 12.3 Å². The molecular formula is C16H18N4O. The molecule has 1 aliphatic rings. The molecule has 2 aromatic rings. The van der Waals surface area contributed by atoms with Crippen LogP contribution in [0.1, 0.15) is 48.7 Å². The number of anilines is 1. The molecule has 5 nitrogen and oxygen atoms in total. The summed E-state index contributed by atoms with van der Waals surface area (Å²) in [6.45, 7) is 2.12. The molecule has 3 rings (SSSR count). The molecule has 1 aliphatic carbocycles. The summed E-state index contributed by atoms with van der Waals surface area (Å²) in [5.41, 5.74) is 16.8. The predicted molar refractivity (Wildman–Crippen MR) is 83.5 cm³/mol. The number of nitrogens with two attached hydrogens (primary N) is 2. The van der Waals surface area contributed by atoms with Gasteiger partial charge in [-0.05, 0) is 50.3 Å².